The van der Waals surface area contributed by atoms with E-state index >= 15 is 0 Å². The van der Waals surface area contributed by atoms with Crippen molar-refractivity contribution < 1.29 is 19.1 Å². The summed E-state index contributed by atoms with van der Waals surface area (Å²) in [6.45, 7) is 4.90. The number of morpholine rings is 1. The lowest BCUT2D eigenvalue weighted by Crippen LogP contribution is -2.37. The van der Waals surface area contributed by atoms with Crippen molar-refractivity contribution >= 4 is 45.7 Å². The van der Waals surface area contributed by atoms with Crippen LogP contribution in [0.2, 0.25) is 5.02 Å². The fraction of sp³-hybridized carbons (Fsp3) is 0.476. The Labute approximate surface area is 189 Å². The van der Waals surface area contributed by atoms with Crippen molar-refractivity contribution in [2.75, 3.05) is 43.1 Å². The standard InChI is InChI=1S/C21H25ClN4O4S/c1-2-30-17-12-14(22)13(11-16(17)26-7-9-29-10-8-26)19(27)24-20(28)25-21-23-15-5-3-4-6-18(15)31-21/h11-12H,2-10H2,1H3,(H2,23,24,25,27,28). The molecule has 2 aromatic rings. The Morgan fingerprint density at radius 2 is 2.03 bits per heavy atom. The van der Waals surface area contributed by atoms with Crippen molar-refractivity contribution in [2.45, 2.75) is 32.6 Å². The molecule has 0 bridgehead atoms. The first-order valence-electron chi connectivity index (χ1n) is 10.4. The van der Waals surface area contributed by atoms with Gasteiger partial charge >= 0.3 is 6.03 Å². The first kappa shape index (κ1) is 21.9. The molecule has 0 saturated carbocycles. The molecule has 1 aliphatic heterocycles. The summed E-state index contributed by atoms with van der Waals surface area (Å²) >= 11 is 7.82. The van der Waals surface area contributed by atoms with E-state index in [4.69, 9.17) is 21.1 Å². The lowest BCUT2D eigenvalue weighted by molar-refractivity contribution is 0.0967. The maximum atomic E-state index is 12.8. The Balaban J connectivity index is 1.49. The van der Waals surface area contributed by atoms with Crippen molar-refractivity contribution in [1.82, 2.24) is 10.3 Å². The Kier molecular flexibility index (Phi) is 6.94. The number of carbonyl (C=O) groups excluding carboxylic acids is 2. The number of halogens is 1. The highest BCUT2D eigenvalue weighted by Gasteiger charge is 2.23. The Bertz CT molecular complexity index is 951. The first-order valence-corrected chi connectivity index (χ1v) is 11.6. The Hall–Kier alpha value is -2.36. The fourth-order valence-electron chi connectivity index (χ4n) is 3.74. The molecule has 1 saturated heterocycles. The van der Waals surface area contributed by atoms with E-state index in [2.05, 4.69) is 20.5 Å². The number of rotatable bonds is 5. The lowest BCUT2D eigenvalue weighted by atomic mass is 10.0. The third-order valence-electron chi connectivity index (χ3n) is 5.24. The Morgan fingerprint density at radius 3 is 2.77 bits per heavy atom. The molecule has 31 heavy (non-hydrogen) atoms. The van der Waals surface area contributed by atoms with Gasteiger partial charge in [-0.25, -0.2) is 9.78 Å². The summed E-state index contributed by atoms with van der Waals surface area (Å²) in [6.07, 6.45) is 4.17. The molecule has 8 nitrogen and oxygen atoms in total. The van der Waals surface area contributed by atoms with E-state index in [1.54, 1.807) is 12.1 Å². The van der Waals surface area contributed by atoms with E-state index in [0.717, 1.165) is 37.1 Å². The van der Waals surface area contributed by atoms with Gasteiger partial charge in [0.25, 0.3) is 5.91 Å². The van der Waals surface area contributed by atoms with Gasteiger partial charge in [0, 0.05) is 24.0 Å². The number of ether oxygens (including phenoxy) is 2. The van der Waals surface area contributed by atoms with Crippen LogP contribution in [-0.4, -0.2) is 49.8 Å². The SMILES string of the molecule is CCOc1cc(Cl)c(C(=O)NC(=O)Nc2nc3c(s2)CCCC3)cc1N1CCOCC1. The number of anilines is 2. The average molecular weight is 465 g/mol. The first-order chi connectivity index (χ1) is 15.0. The van der Waals surface area contributed by atoms with Crippen molar-refractivity contribution in [3.63, 3.8) is 0 Å². The molecule has 2 N–H and O–H groups in total. The highest BCUT2D eigenvalue weighted by Crippen LogP contribution is 2.35. The molecule has 1 aliphatic carbocycles. The van der Waals surface area contributed by atoms with Gasteiger partial charge in [0.2, 0.25) is 0 Å². The summed E-state index contributed by atoms with van der Waals surface area (Å²) in [5.41, 5.74) is 2.01. The van der Waals surface area contributed by atoms with E-state index < -0.39 is 11.9 Å². The van der Waals surface area contributed by atoms with Gasteiger partial charge in [0.05, 0.1) is 41.8 Å². The van der Waals surface area contributed by atoms with Gasteiger partial charge in [0.15, 0.2) is 5.13 Å². The van der Waals surface area contributed by atoms with Crippen molar-refractivity contribution in [3.8, 4) is 5.75 Å². The normalized spacial score (nSPS) is 15.9. The van der Waals surface area contributed by atoms with Crippen molar-refractivity contribution in [3.05, 3.63) is 33.3 Å². The zero-order chi connectivity index (χ0) is 21.8. The van der Waals surface area contributed by atoms with Crippen LogP contribution in [0.4, 0.5) is 15.6 Å². The van der Waals surface area contributed by atoms with Crippen LogP contribution in [0.15, 0.2) is 12.1 Å². The molecule has 4 rings (SSSR count). The second-order valence-electron chi connectivity index (χ2n) is 7.34. The number of nitrogens with zero attached hydrogens (tertiary/aromatic N) is 2. The van der Waals surface area contributed by atoms with Crippen molar-refractivity contribution in [2.24, 2.45) is 0 Å². The maximum absolute atomic E-state index is 12.8. The monoisotopic (exact) mass is 464 g/mol. The third-order valence-corrected chi connectivity index (χ3v) is 6.62. The number of aromatic nitrogens is 1. The predicted octanol–water partition coefficient (Wildman–Crippen LogP) is 3.87. The average Bonchev–Trinajstić information content (AvgIpc) is 3.16. The van der Waals surface area contributed by atoms with Gasteiger partial charge in [-0.3, -0.25) is 15.4 Å². The molecular formula is C21H25ClN4O4S. The molecule has 3 amide bonds. The number of aryl methyl sites for hydroxylation is 2. The van der Waals surface area contributed by atoms with Gasteiger partial charge in [-0.1, -0.05) is 11.6 Å². The number of thiazole rings is 1. The molecule has 0 radical (unpaired) electrons. The number of benzene rings is 1. The quantitative estimate of drug-likeness (QED) is 0.697. The van der Waals surface area contributed by atoms with Crippen LogP contribution in [0.3, 0.4) is 0 Å². The van der Waals surface area contributed by atoms with Crippen LogP contribution >= 0.6 is 22.9 Å². The summed E-state index contributed by atoms with van der Waals surface area (Å²) in [7, 11) is 0. The molecule has 0 unspecified atom stereocenters. The summed E-state index contributed by atoms with van der Waals surface area (Å²) in [4.78, 5) is 33.0. The smallest absolute Gasteiger partial charge is 0.327 e. The topological polar surface area (TPSA) is 92.8 Å². The highest BCUT2D eigenvalue weighted by molar-refractivity contribution is 7.15. The number of nitrogens with one attached hydrogen (secondary N) is 2. The molecule has 1 aromatic heterocycles. The number of hydrogen-bond donors (Lipinski definition) is 2. The van der Waals surface area contributed by atoms with Gasteiger partial charge < -0.3 is 14.4 Å². The lowest BCUT2D eigenvalue weighted by Gasteiger charge is -2.30. The molecular weight excluding hydrogens is 440 g/mol. The van der Waals surface area contributed by atoms with E-state index in [0.29, 0.717) is 43.8 Å². The summed E-state index contributed by atoms with van der Waals surface area (Å²) in [5, 5.41) is 5.75. The van der Waals surface area contributed by atoms with Crippen LogP contribution < -0.4 is 20.3 Å². The number of amides is 3. The van der Waals surface area contributed by atoms with Crippen LogP contribution in [0.25, 0.3) is 0 Å². The van der Waals surface area contributed by atoms with E-state index in [-0.39, 0.29) is 10.6 Å². The molecule has 2 aliphatic rings. The summed E-state index contributed by atoms with van der Waals surface area (Å²) < 4.78 is 11.1. The van der Waals surface area contributed by atoms with Gasteiger partial charge in [-0.2, -0.15) is 0 Å². The largest absolute Gasteiger partial charge is 0.492 e. The minimum absolute atomic E-state index is 0.209. The zero-order valence-corrected chi connectivity index (χ0v) is 18.9. The van der Waals surface area contributed by atoms with E-state index in [1.165, 1.54) is 16.2 Å². The Morgan fingerprint density at radius 1 is 1.26 bits per heavy atom. The number of carbonyl (C=O) groups is 2. The molecule has 1 fully saturated rings. The second kappa shape index (κ2) is 9.84. The fourth-order valence-corrected chi connectivity index (χ4v) is 5.03. The van der Waals surface area contributed by atoms with E-state index in [1.807, 2.05) is 6.92 Å². The van der Waals surface area contributed by atoms with Crippen LogP contribution in [-0.2, 0) is 17.6 Å². The van der Waals surface area contributed by atoms with Gasteiger partial charge in [-0.05, 0) is 38.7 Å². The second-order valence-corrected chi connectivity index (χ2v) is 8.83. The minimum Gasteiger partial charge on any atom is -0.492 e. The molecule has 0 atom stereocenters. The van der Waals surface area contributed by atoms with Gasteiger partial charge in [0.1, 0.15) is 5.75 Å². The number of urea groups is 1. The number of fused-ring (bicyclic) bond motifs is 1. The summed E-state index contributed by atoms with van der Waals surface area (Å²) in [6, 6.07) is 2.66. The molecule has 0 spiro atoms. The number of hydrogen-bond acceptors (Lipinski definition) is 7. The predicted molar refractivity (Wildman–Crippen MR) is 121 cm³/mol. The molecule has 1 aromatic carbocycles. The summed E-state index contributed by atoms with van der Waals surface area (Å²) in [5.74, 6) is 0.0187. The third kappa shape index (κ3) is 5.11. The van der Waals surface area contributed by atoms with Crippen LogP contribution in [0, 0.1) is 0 Å². The number of imide groups is 1. The van der Waals surface area contributed by atoms with Crippen molar-refractivity contribution in [1.29, 1.82) is 0 Å². The van der Waals surface area contributed by atoms with Crippen LogP contribution in [0.1, 0.15) is 40.7 Å². The highest BCUT2D eigenvalue weighted by atomic mass is 35.5. The minimum atomic E-state index is -0.631. The zero-order valence-electron chi connectivity index (χ0n) is 17.3. The molecule has 166 valence electrons. The van der Waals surface area contributed by atoms with E-state index in [9.17, 15) is 9.59 Å². The van der Waals surface area contributed by atoms with Crippen LogP contribution in [0.5, 0.6) is 5.75 Å². The maximum Gasteiger partial charge on any atom is 0.327 e. The molecule has 10 heteroatoms. The molecule has 2 heterocycles. The van der Waals surface area contributed by atoms with Gasteiger partial charge in [-0.15, -0.1) is 11.3 Å².